The first-order chi connectivity index (χ1) is 13.7. The van der Waals surface area contributed by atoms with Crippen molar-refractivity contribution >= 4 is 22.0 Å². The van der Waals surface area contributed by atoms with Crippen LogP contribution in [0.25, 0.3) is 0 Å². The van der Waals surface area contributed by atoms with E-state index in [0.29, 0.717) is 13.1 Å². The molecular formula is C22H26BrFN2O3. The molecule has 1 aromatic heterocycles. The van der Waals surface area contributed by atoms with Crippen molar-refractivity contribution < 1.29 is 18.7 Å². The predicted molar refractivity (Wildman–Crippen MR) is 112 cm³/mol. The van der Waals surface area contributed by atoms with Gasteiger partial charge in [-0.3, -0.25) is 0 Å². The number of carbonyl (C=O) groups excluding carboxylic acids is 1. The summed E-state index contributed by atoms with van der Waals surface area (Å²) in [6.45, 7) is 6.77. The van der Waals surface area contributed by atoms with Gasteiger partial charge in [0.2, 0.25) is 11.8 Å². The second kappa shape index (κ2) is 9.11. The molecule has 0 N–H and O–H groups in total. The van der Waals surface area contributed by atoms with Gasteiger partial charge in [-0.2, -0.15) is 9.37 Å². The number of piperidine rings is 1. The third-order valence-electron chi connectivity index (χ3n) is 4.76. The Morgan fingerprint density at radius 1 is 1.17 bits per heavy atom. The maximum Gasteiger partial charge on any atom is 0.410 e. The number of benzene rings is 1. The number of aromatic nitrogens is 1. The van der Waals surface area contributed by atoms with Crippen LogP contribution in [0.3, 0.4) is 0 Å². The first kappa shape index (κ1) is 21.6. The molecule has 0 spiro atoms. The number of rotatable bonds is 4. The lowest BCUT2D eigenvalue weighted by Crippen LogP contribution is -2.43. The Labute approximate surface area is 179 Å². The van der Waals surface area contributed by atoms with E-state index in [1.807, 2.05) is 45.0 Å². The molecule has 2 aromatic rings. The van der Waals surface area contributed by atoms with Gasteiger partial charge in [-0.05, 0) is 57.4 Å². The SMILES string of the molecule is CC(C)(C)OC(=O)N1CCC(C(Oc2cccc(F)n2)c2ccc(Br)cc2)CC1. The van der Waals surface area contributed by atoms with Gasteiger partial charge in [0, 0.05) is 29.5 Å². The van der Waals surface area contributed by atoms with Crippen LogP contribution in [0, 0.1) is 11.9 Å². The lowest BCUT2D eigenvalue weighted by molar-refractivity contribution is 0.0101. The largest absolute Gasteiger partial charge is 0.469 e. The van der Waals surface area contributed by atoms with E-state index >= 15 is 0 Å². The topological polar surface area (TPSA) is 51.7 Å². The van der Waals surface area contributed by atoms with Gasteiger partial charge in [0.15, 0.2) is 0 Å². The molecule has 1 fully saturated rings. The Bertz CT molecular complexity index is 831. The van der Waals surface area contributed by atoms with Crippen LogP contribution in [-0.4, -0.2) is 34.7 Å². The highest BCUT2D eigenvalue weighted by Crippen LogP contribution is 2.35. The summed E-state index contributed by atoms with van der Waals surface area (Å²) < 4.78 is 26.1. The summed E-state index contributed by atoms with van der Waals surface area (Å²) in [6, 6.07) is 12.4. The first-order valence-corrected chi connectivity index (χ1v) is 10.5. The molecule has 1 aromatic carbocycles. The van der Waals surface area contributed by atoms with Crippen molar-refractivity contribution in [1.82, 2.24) is 9.88 Å². The Morgan fingerprint density at radius 3 is 2.41 bits per heavy atom. The Morgan fingerprint density at radius 2 is 1.83 bits per heavy atom. The highest BCUT2D eigenvalue weighted by Gasteiger charge is 2.32. The van der Waals surface area contributed by atoms with E-state index in [1.165, 1.54) is 6.07 Å². The van der Waals surface area contributed by atoms with Crippen molar-refractivity contribution in [3.63, 3.8) is 0 Å². The number of halogens is 2. The lowest BCUT2D eigenvalue weighted by atomic mass is 9.87. The van der Waals surface area contributed by atoms with E-state index in [4.69, 9.17) is 9.47 Å². The highest BCUT2D eigenvalue weighted by atomic mass is 79.9. The molecule has 1 amide bonds. The number of hydrogen-bond acceptors (Lipinski definition) is 4. The van der Waals surface area contributed by atoms with E-state index in [-0.39, 0.29) is 24.0 Å². The molecule has 0 saturated carbocycles. The van der Waals surface area contributed by atoms with Gasteiger partial charge in [0.1, 0.15) is 11.7 Å². The Hall–Kier alpha value is -2.15. The van der Waals surface area contributed by atoms with E-state index in [1.54, 1.807) is 17.0 Å². The number of pyridine rings is 1. The van der Waals surface area contributed by atoms with Crippen LogP contribution in [0.4, 0.5) is 9.18 Å². The Balaban J connectivity index is 1.73. The zero-order valence-corrected chi connectivity index (χ0v) is 18.5. The summed E-state index contributed by atoms with van der Waals surface area (Å²) >= 11 is 3.45. The molecular weight excluding hydrogens is 439 g/mol. The van der Waals surface area contributed by atoms with Crippen LogP contribution < -0.4 is 4.74 Å². The fraction of sp³-hybridized carbons (Fsp3) is 0.455. The predicted octanol–water partition coefficient (Wildman–Crippen LogP) is 5.75. The zero-order chi connectivity index (χ0) is 21.0. The van der Waals surface area contributed by atoms with E-state index in [2.05, 4.69) is 20.9 Å². The van der Waals surface area contributed by atoms with Crippen LogP contribution >= 0.6 is 15.9 Å². The molecule has 1 saturated heterocycles. The molecule has 0 aliphatic carbocycles. The van der Waals surface area contributed by atoms with Crippen molar-refractivity contribution in [3.8, 4) is 5.88 Å². The normalized spacial score (nSPS) is 16.4. The monoisotopic (exact) mass is 464 g/mol. The molecule has 1 aliphatic heterocycles. The second-order valence-electron chi connectivity index (χ2n) is 8.19. The molecule has 2 heterocycles. The summed E-state index contributed by atoms with van der Waals surface area (Å²) in [4.78, 5) is 17.9. The van der Waals surface area contributed by atoms with Crippen LogP contribution in [0.2, 0.25) is 0 Å². The van der Waals surface area contributed by atoms with Crippen molar-refractivity contribution in [2.75, 3.05) is 13.1 Å². The van der Waals surface area contributed by atoms with Gasteiger partial charge in [-0.1, -0.05) is 34.1 Å². The fourth-order valence-corrected chi connectivity index (χ4v) is 3.65. The maximum atomic E-state index is 13.5. The van der Waals surface area contributed by atoms with E-state index in [9.17, 15) is 9.18 Å². The van der Waals surface area contributed by atoms with Gasteiger partial charge in [0.05, 0.1) is 0 Å². The molecule has 3 rings (SSSR count). The minimum absolute atomic E-state index is 0.167. The molecule has 5 nitrogen and oxygen atoms in total. The summed E-state index contributed by atoms with van der Waals surface area (Å²) in [5.74, 6) is -0.149. The smallest absolute Gasteiger partial charge is 0.410 e. The fourth-order valence-electron chi connectivity index (χ4n) is 3.39. The van der Waals surface area contributed by atoms with Gasteiger partial charge in [0.25, 0.3) is 0 Å². The van der Waals surface area contributed by atoms with Crippen molar-refractivity contribution in [3.05, 3.63) is 58.4 Å². The average Bonchev–Trinajstić information content (AvgIpc) is 2.66. The molecule has 1 atom stereocenters. The van der Waals surface area contributed by atoms with Gasteiger partial charge in [-0.25, -0.2) is 4.79 Å². The number of likely N-dealkylation sites (tertiary alicyclic amines) is 1. The van der Waals surface area contributed by atoms with Crippen molar-refractivity contribution in [2.45, 2.75) is 45.3 Å². The van der Waals surface area contributed by atoms with Gasteiger partial charge in [-0.15, -0.1) is 0 Å². The van der Waals surface area contributed by atoms with Crippen molar-refractivity contribution in [1.29, 1.82) is 0 Å². The van der Waals surface area contributed by atoms with Crippen LogP contribution in [0.5, 0.6) is 5.88 Å². The molecule has 0 bridgehead atoms. The van der Waals surface area contributed by atoms with Crippen LogP contribution in [-0.2, 0) is 4.74 Å². The van der Waals surface area contributed by atoms with Crippen LogP contribution in [0.1, 0.15) is 45.3 Å². The number of carbonyl (C=O) groups is 1. The minimum atomic E-state index is -0.572. The minimum Gasteiger partial charge on any atom is -0.469 e. The molecule has 156 valence electrons. The van der Waals surface area contributed by atoms with Gasteiger partial charge >= 0.3 is 6.09 Å². The molecule has 1 unspecified atom stereocenters. The maximum absolute atomic E-state index is 13.5. The quantitative estimate of drug-likeness (QED) is 0.540. The standard InChI is InChI=1S/C22H26BrFN2O3/c1-22(2,3)29-21(27)26-13-11-16(12-14-26)20(15-7-9-17(23)10-8-15)28-19-6-4-5-18(24)25-19/h4-10,16,20H,11-14H2,1-3H3. The number of nitrogens with zero attached hydrogens (tertiary/aromatic N) is 2. The lowest BCUT2D eigenvalue weighted by Gasteiger charge is -2.36. The second-order valence-corrected chi connectivity index (χ2v) is 9.11. The number of amides is 1. The number of ether oxygens (including phenoxy) is 2. The molecule has 1 aliphatic rings. The van der Waals surface area contributed by atoms with Gasteiger partial charge < -0.3 is 14.4 Å². The van der Waals surface area contributed by atoms with Crippen molar-refractivity contribution in [2.24, 2.45) is 5.92 Å². The summed E-state index contributed by atoms with van der Waals surface area (Å²) in [7, 11) is 0. The summed E-state index contributed by atoms with van der Waals surface area (Å²) in [5.41, 5.74) is 0.482. The molecule has 7 heteroatoms. The summed E-state index contributed by atoms with van der Waals surface area (Å²) in [5, 5.41) is 0. The zero-order valence-electron chi connectivity index (χ0n) is 16.9. The third-order valence-corrected chi connectivity index (χ3v) is 5.28. The summed E-state index contributed by atoms with van der Waals surface area (Å²) in [6.07, 6.45) is 0.951. The first-order valence-electron chi connectivity index (χ1n) is 9.74. The van der Waals surface area contributed by atoms with E-state index < -0.39 is 11.5 Å². The molecule has 0 radical (unpaired) electrons. The van der Waals surface area contributed by atoms with E-state index in [0.717, 1.165) is 22.9 Å². The van der Waals surface area contributed by atoms with Crippen LogP contribution in [0.15, 0.2) is 46.9 Å². The highest BCUT2D eigenvalue weighted by molar-refractivity contribution is 9.10. The molecule has 29 heavy (non-hydrogen) atoms. The number of hydrogen-bond donors (Lipinski definition) is 0. The average molecular weight is 465 g/mol. The third kappa shape index (κ3) is 6.16. The Kier molecular flexibility index (Phi) is 6.77.